The van der Waals surface area contributed by atoms with E-state index in [9.17, 15) is 4.79 Å². The lowest BCUT2D eigenvalue weighted by molar-refractivity contribution is -0.128. The number of hydrogen-bond acceptors (Lipinski definition) is 2. The maximum absolute atomic E-state index is 11.7. The molecule has 1 fully saturated rings. The van der Waals surface area contributed by atoms with Crippen molar-refractivity contribution in [3.63, 3.8) is 0 Å². The molecule has 1 amide bonds. The second kappa shape index (κ2) is 9.30. The van der Waals surface area contributed by atoms with Gasteiger partial charge in [-0.2, -0.15) is 0 Å². The number of nitrogens with zero attached hydrogens (tertiary/aromatic N) is 3. The maximum atomic E-state index is 11.7. The van der Waals surface area contributed by atoms with Gasteiger partial charge in [-0.3, -0.25) is 9.79 Å². The number of unbranched alkanes of at least 4 members (excludes halogenated alkanes) is 1. The maximum Gasteiger partial charge on any atom is 0.222 e. The summed E-state index contributed by atoms with van der Waals surface area (Å²) >= 11 is 0. The molecule has 0 saturated carbocycles. The first-order valence-corrected chi connectivity index (χ1v) is 8.91. The number of aliphatic imine (C=N–C) groups is 1. The molecule has 0 atom stereocenters. The number of benzene rings is 1. The van der Waals surface area contributed by atoms with Gasteiger partial charge in [0.1, 0.15) is 0 Å². The lowest BCUT2D eigenvalue weighted by atomic mass is 10.1. The summed E-state index contributed by atoms with van der Waals surface area (Å²) in [5.74, 6) is 1.20. The van der Waals surface area contributed by atoms with Crippen LogP contribution in [-0.2, 0) is 17.9 Å². The molecular formula is C19H30N4O. The molecule has 0 radical (unpaired) electrons. The lowest BCUT2D eigenvalue weighted by Crippen LogP contribution is -2.38. The minimum Gasteiger partial charge on any atom is -0.352 e. The topological polar surface area (TPSA) is 47.9 Å². The van der Waals surface area contributed by atoms with E-state index in [1.807, 2.05) is 11.9 Å². The Morgan fingerprint density at radius 2 is 2.00 bits per heavy atom. The Bertz CT molecular complexity index is 553. The SMILES string of the molecule is CCCCN(C)C(=NC)NCc1ccc(CN2CCCC2=O)cc1. The number of rotatable bonds is 7. The van der Waals surface area contributed by atoms with Gasteiger partial charge in [-0.05, 0) is 24.0 Å². The number of guanidine groups is 1. The van der Waals surface area contributed by atoms with Gasteiger partial charge in [-0.1, -0.05) is 37.6 Å². The summed E-state index contributed by atoms with van der Waals surface area (Å²) in [5.41, 5.74) is 2.41. The van der Waals surface area contributed by atoms with Crippen molar-refractivity contribution in [2.75, 3.05) is 27.2 Å². The fourth-order valence-electron chi connectivity index (χ4n) is 2.92. The summed E-state index contributed by atoms with van der Waals surface area (Å²) in [6, 6.07) is 8.49. The van der Waals surface area contributed by atoms with Gasteiger partial charge in [0.2, 0.25) is 5.91 Å². The summed E-state index contributed by atoms with van der Waals surface area (Å²) in [6.45, 7) is 5.59. The van der Waals surface area contributed by atoms with E-state index in [1.54, 1.807) is 0 Å². The van der Waals surface area contributed by atoms with Gasteiger partial charge in [-0.25, -0.2) is 0 Å². The molecule has 0 bridgehead atoms. The van der Waals surface area contributed by atoms with Crippen LogP contribution in [0.15, 0.2) is 29.3 Å². The van der Waals surface area contributed by atoms with E-state index in [1.165, 1.54) is 24.0 Å². The third kappa shape index (κ3) is 5.25. The van der Waals surface area contributed by atoms with Crippen LogP contribution >= 0.6 is 0 Å². The molecular weight excluding hydrogens is 300 g/mol. The standard InChI is InChI=1S/C19H30N4O/c1-4-5-12-22(3)19(20-2)21-14-16-8-10-17(11-9-16)15-23-13-6-7-18(23)24/h8-11H,4-7,12-15H2,1-3H3,(H,20,21). The van der Waals surface area contributed by atoms with Gasteiger partial charge in [-0.15, -0.1) is 0 Å². The van der Waals surface area contributed by atoms with Gasteiger partial charge < -0.3 is 15.1 Å². The first-order chi connectivity index (χ1) is 11.6. The van der Waals surface area contributed by atoms with E-state index in [4.69, 9.17) is 0 Å². The highest BCUT2D eigenvalue weighted by Crippen LogP contribution is 2.14. The molecule has 1 aliphatic rings. The highest BCUT2D eigenvalue weighted by molar-refractivity contribution is 5.79. The van der Waals surface area contributed by atoms with E-state index in [-0.39, 0.29) is 5.91 Å². The number of hydrogen-bond donors (Lipinski definition) is 1. The molecule has 132 valence electrons. The molecule has 0 unspecified atom stereocenters. The Morgan fingerprint density at radius 3 is 2.58 bits per heavy atom. The van der Waals surface area contributed by atoms with Crippen LogP contribution in [0, 0.1) is 0 Å². The smallest absolute Gasteiger partial charge is 0.222 e. The minimum absolute atomic E-state index is 0.277. The quantitative estimate of drug-likeness (QED) is 0.617. The second-order valence-electron chi connectivity index (χ2n) is 6.41. The van der Waals surface area contributed by atoms with Gasteiger partial charge in [0.05, 0.1) is 0 Å². The van der Waals surface area contributed by atoms with E-state index < -0.39 is 0 Å². The van der Waals surface area contributed by atoms with Crippen LogP contribution in [0.25, 0.3) is 0 Å². The summed E-state index contributed by atoms with van der Waals surface area (Å²) in [7, 11) is 3.89. The monoisotopic (exact) mass is 330 g/mol. The molecule has 1 aromatic rings. The summed E-state index contributed by atoms with van der Waals surface area (Å²) < 4.78 is 0. The average molecular weight is 330 g/mol. The molecule has 1 heterocycles. The Labute approximate surface area is 145 Å². The fraction of sp³-hybridized carbons (Fsp3) is 0.579. The fourth-order valence-corrected chi connectivity index (χ4v) is 2.92. The zero-order valence-electron chi connectivity index (χ0n) is 15.2. The number of carbonyl (C=O) groups excluding carboxylic acids is 1. The first kappa shape index (κ1) is 18.3. The molecule has 0 spiro atoms. The molecule has 5 nitrogen and oxygen atoms in total. The average Bonchev–Trinajstić information content (AvgIpc) is 2.99. The van der Waals surface area contributed by atoms with Crippen molar-refractivity contribution >= 4 is 11.9 Å². The predicted octanol–water partition coefficient (Wildman–Crippen LogP) is 2.62. The van der Waals surface area contributed by atoms with E-state index in [2.05, 4.69) is 53.4 Å². The van der Waals surface area contributed by atoms with E-state index in [0.717, 1.165) is 38.6 Å². The van der Waals surface area contributed by atoms with Crippen molar-refractivity contribution in [2.45, 2.75) is 45.7 Å². The normalized spacial score (nSPS) is 15.0. The highest BCUT2D eigenvalue weighted by Gasteiger charge is 2.19. The van der Waals surface area contributed by atoms with Crippen LogP contribution < -0.4 is 5.32 Å². The van der Waals surface area contributed by atoms with Crippen molar-refractivity contribution in [3.05, 3.63) is 35.4 Å². The van der Waals surface area contributed by atoms with Crippen LogP contribution in [0.1, 0.15) is 43.7 Å². The largest absolute Gasteiger partial charge is 0.352 e. The van der Waals surface area contributed by atoms with E-state index >= 15 is 0 Å². The predicted molar refractivity (Wildman–Crippen MR) is 98.8 cm³/mol. The zero-order chi connectivity index (χ0) is 17.4. The zero-order valence-corrected chi connectivity index (χ0v) is 15.2. The highest BCUT2D eigenvalue weighted by atomic mass is 16.2. The molecule has 0 aliphatic carbocycles. The minimum atomic E-state index is 0.277. The van der Waals surface area contributed by atoms with Crippen LogP contribution in [0.4, 0.5) is 0 Å². The van der Waals surface area contributed by atoms with Gasteiger partial charge >= 0.3 is 0 Å². The summed E-state index contributed by atoms with van der Waals surface area (Å²) in [6.07, 6.45) is 4.04. The van der Waals surface area contributed by atoms with Crippen molar-refractivity contribution in [1.82, 2.24) is 15.1 Å². The number of nitrogens with one attached hydrogen (secondary N) is 1. The molecule has 5 heteroatoms. The number of carbonyl (C=O) groups is 1. The van der Waals surface area contributed by atoms with Gasteiger partial charge in [0.15, 0.2) is 5.96 Å². The third-order valence-electron chi connectivity index (χ3n) is 4.44. The van der Waals surface area contributed by atoms with Crippen molar-refractivity contribution in [2.24, 2.45) is 4.99 Å². The van der Waals surface area contributed by atoms with Crippen molar-refractivity contribution in [3.8, 4) is 0 Å². The molecule has 1 aromatic carbocycles. The Balaban J connectivity index is 1.83. The first-order valence-electron chi connectivity index (χ1n) is 8.91. The summed E-state index contributed by atoms with van der Waals surface area (Å²) in [4.78, 5) is 20.1. The molecule has 1 N–H and O–H groups in total. The van der Waals surface area contributed by atoms with Gasteiger partial charge in [0.25, 0.3) is 0 Å². The van der Waals surface area contributed by atoms with Crippen LogP contribution in [-0.4, -0.2) is 48.9 Å². The molecule has 0 aromatic heterocycles. The van der Waals surface area contributed by atoms with Crippen LogP contribution in [0.2, 0.25) is 0 Å². The molecule has 2 rings (SSSR count). The molecule has 24 heavy (non-hydrogen) atoms. The van der Waals surface area contributed by atoms with Gasteiger partial charge in [0, 0.05) is 46.7 Å². The van der Waals surface area contributed by atoms with Crippen molar-refractivity contribution < 1.29 is 4.79 Å². The number of likely N-dealkylation sites (tertiary alicyclic amines) is 1. The Hall–Kier alpha value is -2.04. The second-order valence-corrected chi connectivity index (χ2v) is 6.41. The van der Waals surface area contributed by atoms with E-state index in [0.29, 0.717) is 6.42 Å². The van der Waals surface area contributed by atoms with Crippen molar-refractivity contribution in [1.29, 1.82) is 0 Å². The molecule has 1 aliphatic heterocycles. The van der Waals surface area contributed by atoms with Crippen LogP contribution in [0.3, 0.4) is 0 Å². The molecule has 1 saturated heterocycles. The number of amides is 1. The Kier molecular flexibility index (Phi) is 7.09. The Morgan fingerprint density at radius 1 is 1.29 bits per heavy atom. The third-order valence-corrected chi connectivity index (χ3v) is 4.44. The lowest BCUT2D eigenvalue weighted by Gasteiger charge is -2.22. The summed E-state index contributed by atoms with van der Waals surface area (Å²) in [5, 5.41) is 3.41. The van der Waals surface area contributed by atoms with Crippen LogP contribution in [0.5, 0.6) is 0 Å².